The lowest BCUT2D eigenvalue weighted by Crippen LogP contribution is -2.11. The summed E-state index contributed by atoms with van der Waals surface area (Å²) >= 11 is 0. The number of nitrogens with zero attached hydrogens (tertiary/aromatic N) is 2. The molecule has 0 aliphatic heterocycles. The summed E-state index contributed by atoms with van der Waals surface area (Å²) in [5, 5.41) is 7.36. The standard InChI is InChI=1S/C16H20FN3/c1-10-3-5-12(6-4-10)15-18-16(20-19-15)13-7-8-14(17)11(2)9-13/h7-10,12H,3-6H2,1-2H3,(H,18,19,20). The number of nitrogens with one attached hydrogen (secondary N) is 1. The van der Waals surface area contributed by atoms with Gasteiger partial charge in [0.1, 0.15) is 11.6 Å². The molecule has 0 saturated heterocycles. The molecular formula is C16H20FN3. The predicted octanol–water partition coefficient (Wildman–Crippen LogP) is 4.21. The average Bonchev–Trinajstić information content (AvgIpc) is 2.92. The van der Waals surface area contributed by atoms with E-state index in [1.165, 1.54) is 31.7 Å². The van der Waals surface area contributed by atoms with Crippen LogP contribution in [0.3, 0.4) is 0 Å². The van der Waals surface area contributed by atoms with Gasteiger partial charge in [0.25, 0.3) is 0 Å². The molecule has 1 heterocycles. The van der Waals surface area contributed by atoms with Gasteiger partial charge in [0.05, 0.1) is 0 Å². The summed E-state index contributed by atoms with van der Waals surface area (Å²) in [4.78, 5) is 4.61. The lowest BCUT2D eigenvalue weighted by Gasteiger charge is -2.24. The van der Waals surface area contributed by atoms with Gasteiger partial charge >= 0.3 is 0 Å². The van der Waals surface area contributed by atoms with Crippen LogP contribution in [0.4, 0.5) is 4.39 Å². The summed E-state index contributed by atoms with van der Waals surface area (Å²) in [7, 11) is 0. The van der Waals surface area contributed by atoms with Crippen LogP contribution >= 0.6 is 0 Å². The van der Waals surface area contributed by atoms with Gasteiger partial charge in [-0.05, 0) is 49.4 Å². The maximum Gasteiger partial charge on any atom is 0.181 e. The SMILES string of the molecule is Cc1cc(-c2n[nH]c(C3CCC(C)CC3)n2)ccc1F. The first-order chi connectivity index (χ1) is 9.63. The van der Waals surface area contributed by atoms with E-state index in [0.29, 0.717) is 17.3 Å². The summed E-state index contributed by atoms with van der Waals surface area (Å²) in [6.45, 7) is 4.07. The molecule has 0 unspecified atom stereocenters. The fourth-order valence-corrected chi connectivity index (χ4v) is 2.90. The van der Waals surface area contributed by atoms with Crippen molar-refractivity contribution in [2.24, 2.45) is 5.92 Å². The topological polar surface area (TPSA) is 41.6 Å². The van der Waals surface area contributed by atoms with Crippen LogP contribution in [0.15, 0.2) is 18.2 Å². The molecule has 106 valence electrons. The van der Waals surface area contributed by atoms with Crippen LogP contribution in [-0.4, -0.2) is 15.2 Å². The Morgan fingerprint density at radius 2 is 1.95 bits per heavy atom. The number of halogens is 1. The third-order valence-corrected chi connectivity index (χ3v) is 4.32. The van der Waals surface area contributed by atoms with E-state index in [-0.39, 0.29) is 5.82 Å². The molecule has 2 aromatic rings. The summed E-state index contributed by atoms with van der Waals surface area (Å²) in [5.74, 6) is 2.78. The summed E-state index contributed by atoms with van der Waals surface area (Å²) < 4.78 is 13.3. The minimum absolute atomic E-state index is 0.189. The van der Waals surface area contributed by atoms with Gasteiger partial charge in [-0.2, -0.15) is 5.10 Å². The van der Waals surface area contributed by atoms with Crippen LogP contribution in [-0.2, 0) is 0 Å². The van der Waals surface area contributed by atoms with Crippen LogP contribution in [0, 0.1) is 18.7 Å². The summed E-state index contributed by atoms with van der Waals surface area (Å²) in [5.41, 5.74) is 1.50. The molecule has 3 nitrogen and oxygen atoms in total. The molecule has 1 N–H and O–H groups in total. The quantitative estimate of drug-likeness (QED) is 0.890. The molecule has 1 aromatic heterocycles. The van der Waals surface area contributed by atoms with Crippen molar-refractivity contribution in [1.29, 1.82) is 0 Å². The van der Waals surface area contributed by atoms with Crippen molar-refractivity contribution in [3.05, 3.63) is 35.4 Å². The Bertz CT molecular complexity index is 598. The zero-order valence-corrected chi connectivity index (χ0v) is 12.0. The van der Waals surface area contributed by atoms with Crippen LogP contribution < -0.4 is 0 Å². The number of aromatic amines is 1. The molecule has 1 saturated carbocycles. The second kappa shape index (κ2) is 5.35. The van der Waals surface area contributed by atoms with Crippen molar-refractivity contribution < 1.29 is 4.39 Å². The number of H-pyrrole nitrogens is 1. The van der Waals surface area contributed by atoms with Crippen molar-refractivity contribution in [1.82, 2.24) is 15.2 Å². The van der Waals surface area contributed by atoms with Crippen molar-refractivity contribution in [2.75, 3.05) is 0 Å². The van der Waals surface area contributed by atoms with Crippen molar-refractivity contribution in [3.8, 4) is 11.4 Å². The van der Waals surface area contributed by atoms with Gasteiger partial charge in [0.2, 0.25) is 0 Å². The minimum Gasteiger partial charge on any atom is -0.262 e. The molecule has 4 heteroatoms. The average molecular weight is 273 g/mol. The third-order valence-electron chi connectivity index (χ3n) is 4.32. The Hall–Kier alpha value is -1.71. The number of aryl methyl sites for hydroxylation is 1. The number of rotatable bonds is 2. The second-order valence-electron chi connectivity index (χ2n) is 5.97. The maximum atomic E-state index is 13.3. The molecule has 0 spiro atoms. The maximum absolute atomic E-state index is 13.3. The van der Waals surface area contributed by atoms with Gasteiger partial charge in [-0.3, -0.25) is 5.10 Å². The number of benzene rings is 1. The first-order valence-electron chi connectivity index (χ1n) is 7.32. The zero-order valence-electron chi connectivity index (χ0n) is 12.0. The lowest BCUT2D eigenvalue weighted by molar-refractivity contribution is 0.340. The van der Waals surface area contributed by atoms with Gasteiger partial charge < -0.3 is 0 Å². The van der Waals surface area contributed by atoms with E-state index in [1.807, 2.05) is 0 Å². The molecular weight excluding hydrogens is 253 g/mol. The highest BCUT2D eigenvalue weighted by atomic mass is 19.1. The number of hydrogen-bond donors (Lipinski definition) is 1. The Kier molecular flexibility index (Phi) is 3.55. The normalized spacial score (nSPS) is 22.9. The molecule has 20 heavy (non-hydrogen) atoms. The first kappa shape index (κ1) is 13.3. The monoisotopic (exact) mass is 273 g/mol. The van der Waals surface area contributed by atoms with Crippen molar-refractivity contribution in [3.63, 3.8) is 0 Å². The molecule has 1 aliphatic rings. The molecule has 0 radical (unpaired) electrons. The summed E-state index contributed by atoms with van der Waals surface area (Å²) in [6.07, 6.45) is 4.88. The number of hydrogen-bond acceptors (Lipinski definition) is 2. The van der Waals surface area contributed by atoms with Crippen LogP contribution in [0.5, 0.6) is 0 Å². The van der Waals surface area contributed by atoms with Crippen LogP contribution in [0.25, 0.3) is 11.4 Å². The summed E-state index contributed by atoms with van der Waals surface area (Å²) in [6, 6.07) is 5.01. The minimum atomic E-state index is -0.189. The predicted molar refractivity (Wildman–Crippen MR) is 76.9 cm³/mol. The van der Waals surface area contributed by atoms with Crippen molar-refractivity contribution >= 4 is 0 Å². The zero-order chi connectivity index (χ0) is 14.1. The van der Waals surface area contributed by atoms with Crippen LogP contribution in [0.1, 0.15) is 49.9 Å². The van der Waals surface area contributed by atoms with E-state index in [2.05, 4.69) is 22.1 Å². The van der Waals surface area contributed by atoms with E-state index in [4.69, 9.17) is 0 Å². The van der Waals surface area contributed by atoms with Gasteiger partial charge in [0.15, 0.2) is 5.82 Å². The van der Waals surface area contributed by atoms with Crippen molar-refractivity contribution in [2.45, 2.75) is 45.4 Å². The van der Waals surface area contributed by atoms with Gasteiger partial charge in [-0.15, -0.1) is 0 Å². The molecule has 0 amide bonds. The fourth-order valence-electron chi connectivity index (χ4n) is 2.90. The lowest BCUT2D eigenvalue weighted by atomic mass is 9.83. The Morgan fingerprint density at radius 1 is 1.20 bits per heavy atom. The van der Waals surface area contributed by atoms with E-state index in [1.54, 1.807) is 19.1 Å². The van der Waals surface area contributed by atoms with Crippen LogP contribution in [0.2, 0.25) is 0 Å². The molecule has 3 rings (SSSR count). The van der Waals surface area contributed by atoms with Gasteiger partial charge in [-0.25, -0.2) is 9.37 Å². The third kappa shape index (κ3) is 2.60. The van der Waals surface area contributed by atoms with E-state index >= 15 is 0 Å². The van der Waals surface area contributed by atoms with E-state index in [9.17, 15) is 4.39 Å². The fraction of sp³-hybridized carbons (Fsp3) is 0.500. The number of aromatic nitrogens is 3. The molecule has 0 atom stereocenters. The van der Waals surface area contributed by atoms with E-state index < -0.39 is 0 Å². The largest absolute Gasteiger partial charge is 0.262 e. The Labute approximate surface area is 118 Å². The highest BCUT2D eigenvalue weighted by Crippen LogP contribution is 2.34. The molecule has 1 aromatic carbocycles. The molecule has 1 aliphatic carbocycles. The smallest absolute Gasteiger partial charge is 0.181 e. The first-order valence-corrected chi connectivity index (χ1v) is 7.32. The highest BCUT2D eigenvalue weighted by molar-refractivity contribution is 5.55. The molecule has 0 bridgehead atoms. The van der Waals surface area contributed by atoms with E-state index in [0.717, 1.165) is 17.3 Å². The van der Waals surface area contributed by atoms with Gasteiger partial charge in [-0.1, -0.05) is 19.8 Å². The highest BCUT2D eigenvalue weighted by Gasteiger charge is 2.22. The Balaban J connectivity index is 1.81. The Morgan fingerprint density at radius 3 is 2.65 bits per heavy atom. The van der Waals surface area contributed by atoms with Gasteiger partial charge in [0, 0.05) is 11.5 Å². The second-order valence-corrected chi connectivity index (χ2v) is 5.97. The molecule has 1 fully saturated rings.